The summed E-state index contributed by atoms with van der Waals surface area (Å²) >= 11 is 0. The largest absolute Gasteiger partial charge is 0.356 e. The molecule has 0 atom stereocenters. The third kappa shape index (κ3) is 4.21. The smallest absolute Gasteiger partial charge is 0.223 e. The monoisotopic (exact) mass is 292 g/mol. The zero-order valence-electron chi connectivity index (χ0n) is 13.5. The second kappa shape index (κ2) is 7.62. The van der Waals surface area contributed by atoms with Crippen LogP contribution in [0.4, 0.5) is 0 Å². The maximum atomic E-state index is 12.2. The average molecular weight is 292 g/mol. The quantitative estimate of drug-likeness (QED) is 0.862. The number of rotatable bonds is 4. The molecule has 0 aromatic heterocycles. The predicted molar refractivity (Wildman–Crippen MR) is 86.1 cm³/mol. The Morgan fingerprint density at radius 2 is 1.48 bits per heavy atom. The number of hydrogen-bond acceptors (Lipinski definition) is 2. The van der Waals surface area contributed by atoms with Gasteiger partial charge >= 0.3 is 0 Å². The van der Waals surface area contributed by atoms with Gasteiger partial charge in [0.15, 0.2) is 0 Å². The van der Waals surface area contributed by atoms with Crippen molar-refractivity contribution in [3.05, 3.63) is 0 Å². The first-order valence-corrected chi connectivity index (χ1v) is 9.34. The molecule has 3 heteroatoms. The summed E-state index contributed by atoms with van der Waals surface area (Å²) in [5.41, 5.74) is 0. The Morgan fingerprint density at radius 3 is 2.14 bits per heavy atom. The standard InChI is InChI=1S/C18H32N2O/c21-18(16-6-2-1-3-7-16)19-14-15-10-12-20(13-11-15)17-8-4-5-9-17/h15-17H,1-14H2,(H,19,21). The molecule has 120 valence electrons. The first-order valence-electron chi connectivity index (χ1n) is 9.34. The van der Waals surface area contributed by atoms with E-state index in [1.165, 1.54) is 70.9 Å². The van der Waals surface area contributed by atoms with E-state index in [4.69, 9.17) is 0 Å². The van der Waals surface area contributed by atoms with Crippen molar-refractivity contribution >= 4 is 5.91 Å². The predicted octanol–water partition coefficient (Wildman–Crippen LogP) is 3.34. The Labute approximate surface area is 129 Å². The van der Waals surface area contributed by atoms with Gasteiger partial charge in [0.05, 0.1) is 0 Å². The number of piperidine rings is 1. The van der Waals surface area contributed by atoms with E-state index in [0.29, 0.717) is 11.8 Å². The molecule has 1 amide bonds. The van der Waals surface area contributed by atoms with Crippen LogP contribution in [0.3, 0.4) is 0 Å². The van der Waals surface area contributed by atoms with Crippen LogP contribution in [0, 0.1) is 11.8 Å². The molecule has 0 bridgehead atoms. The fraction of sp³-hybridized carbons (Fsp3) is 0.944. The topological polar surface area (TPSA) is 32.3 Å². The molecule has 3 nitrogen and oxygen atoms in total. The zero-order chi connectivity index (χ0) is 14.5. The molecule has 21 heavy (non-hydrogen) atoms. The Hall–Kier alpha value is -0.570. The number of carbonyl (C=O) groups excluding carboxylic acids is 1. The van der Waals surface area contributed by atoms with Gasteiger partial charge in [-0.25, -0.2) is 0 Å². The van der Waals surface area contributed by atoms with Crippen LogP contribution in [0.2, 0.25) is 0 Å². The highest BCUT2D eigenvalue weighted by atomic mass is 16.1. The SMILES string of the molecule is O=C(NCC1CCN(C2CCCC2)CC1)C1CCCCC1. The molecule has 2 aliphatic carbocycles. The molecule has 0 radical (unpaired) electrons. The van der Waals surface area contributed by atoms with Crippen LogP contribution in [0.1, 0.15) is 70.6 Å². The van der Waals surface area contributed by atoms with Crippen LogP contribution in [0.15, 0.2) is 0 Å². The van der Waals surface area contributed by atoms with E-state index in [1.807, 2.05) is 0 Å². The lowest BCUT2D eigenvalue weighted by atomic mass is 9.88. The van der Waals surface area contributed by atoms with Crippen LogP contribution >= 0.6 is 0 Å². The lowest BCUT2D eigenvalue weighted by molar-refractivity contribution is -0.126. The molecule has 0 spiro atoms. The van der Waals surface area contributed by atoms with E-state index in [9.17, 15) is 4.79 Å². The molecule has 0 unspecified atom stereocenters. The second-order valence-corrected chi connectivity index (χ2v) is 7.50. The molecule has 1 aliphatic heterocycles. The molecular formula is C18H32N2O. The number of carbonyl (C=O) groups is 1. The highest BCUT2D eigenvalue weighted by molar-refractivity contribution is 5.78. The molecule has 3 fully saturated rings. The highest BCUT2D eigenvalue weighted by Gasteiger charge is 2.28. The summed E-state index contributed by atoms with van der Waals surface area (Å²) in [7, 11) is 0. The van der Waals surface area contributed by atoms with Crippen molar-refractivity contribution in [3.8, 4) is 0 Å². The van der Waals surface area contributed by atoms with Gasteiger partial charge in [0.25, 0.3) is 0 Å². The minimum Gasteiger partial charge on any atom is -0.356 e. The normalized spacial score (nSPS) is 27.0. The summed E-state index contributed by atoms with van der Waals surface area (Å²) in [5.74, 6) is 1.38. The third-order valence-corrected chi connectivity index (χ3v) is 6.03. The maximum Gasteiger partial charge on any atom is 0.223 e. The molecule has 0 aromatic carbocycles. The third-order valence-electron chi connectivity index (χ3n) is 6.03. The number of nitrogens with one attached hydrogen (secondary N) is 1. The van der Waals surface area contributed by atoms with Crippen molar-refractivity contribution in [1.29, 1.82) is 0 Å². The number of amides is 1. The van der Waals surface area contributed by atoms with Crippen LogP contribution in [-0.2, 0) is 4.79 Å². The van der Waals surface area contributed by atoms with Gasteiger partial charge in [-0.1, -0.05) is 32.1 Å². The van der Waals surface area contributed by atoms with Gasteiger partial charge in [0.1, 0.15) is 0 Å². The zero-order valence-corrected chi connectivity index (χ0v) is 13.5. The maximum absolute atomic E-state index is 12.2. The van der Waals surface area contributed by atoms with Crippen molar-refractivity contribution in [2.45, 2.75) is 76.7 Å². The van der Waals surface area contributed by atoms with Crippen molar-refractivity contribution < 1.29 is 4.79 Å². The van der Waals surface area contributed by atoms with Gasteiger partial charge in [-0.2, -0.15) is 0 Å². The van der Waals surface area contributed by atoms with Gasteiger partial charge in [-0.15, -0.1) is 0 Å². The number of nitrogens with zero attached hydrogens (tertiary/aromatic N) is 1. The number of likely N-dealkylation sites (tertiary alicyclic amines) is 1. The van der Waals surface area contributed by atoms with Crippen LogP contribution in [0.5, 0.6) is 0 Å². The van der Waals surface area contributed by atoms with Gasteiger partial charge in [0.2, 0.25) is 5.91 Å². The molecular weight excluding hydrogens is 260 g/mol. The minimum absolute atomic E-state index is 0.317. The van der Waals surface area contributed by atoms with Crippen LogP contribution < -0.4 is 5.32 Å². The lowest BCUT2D eigenvalue weighted by Crippen LogP contribution is -2.43. The van der Waals surface area contributed by atoms with Crippen molar-refractivity contribution in [1.82, 2.24) is 10.2 Å². The summed E-state index contributed by atoms with van der Waals surface area (Å²) in [4.78, 5) is 14.9. The molecule has 1 N–H and O–H groups in total. The molecule has 0 aromatic rings. The van der Waals surface area contributed by atoms with Crippen molar-refractivity contribution in [2.24, 2.45) is 11.8 Å². The summed E-state index contributed by atoms with van der Waals surface area (Å²) < 4.78 is 0. The molecule has 2 saturated carbocycles. The Kier molecular flexibility index (Phi) is 5.56. The lowest BCUT2D eigenvalue weighted by Gasteiger charge is -2.36. The first kappa shape index (κ1) is 15.3. The average Bonchev–Trinajstić information content (AvgIpc) is 3.08. The summed E-state index contributed by atoms with van der Waals surface area (Å²) in [6, 6.07) is 0.878. The van der Waals surface area contributed by atoms with E-state index in [0.717, 1.165) is 31.3 Å². The molecule has 1 heterocycles. The minimum atomic E-state index is 0.317. The summed E-state index contributed by atoms with van der Waals surface area (Å²) in [6.45, 7) is 3.44. The van der Waals surface area contributed by atoms with Crippen molar-refractivity contribution in [2.75, 3.05) is 19.6 Å². The fourth-order valence-electron chi connectivity index (χ4n) is 4.55. The Bertz CT molecular complexity index is 324. The van der Waals surface area contributed by atoms with E-state index in [2.05, 4.69) is 10.2 Å². The van der Waals surface area contributed by atoms with E-state index >= 15 is 0 Å². The molecule has 3 rings (SSSR count). The van der Waals surface area contributed by atoms with Gasteiger partial charge in [-0.3, -0.25) is 4.79 Å². The van der Waals surface area contributed by atoms with E-state index in [-0.39, 0.29) is 0 Å². The van der Waals surface area contributed by atoms with Gasteiger partial charge in [-0.05, 0) is 57.5 Å². The van der Waals surface area contributed by atoms with Crippen LogP contribution in [0.25, 0.3) is 0 Å². The van der Waals surface area contributed by atoms with Gasteiger partial charge < -0.3 is 10.2 Å². The molecule has 1 saturated heterocycles. The first-order chi connectivity index (χ1) is 10.3. The Morgan fingerprint density at radius 1 is 0.857 bits per heavy atom. The highest BCUT2D eigenvalue weighted by Crippen LogP contribution is 2.28. The number of hydrogen-bond donors (Lipinski definition) is 1. The molecule has 3 aliphatic rings. The summed E-state index contributed by atoms with van der Waals surface area (Å²) in [6.07, 6.45) is 14.3. The fourth-order valence-corrected chi connectivity index (χ4v) is 4.55. The van der Waals surface area contributed by atoms with Crippen LogP contribution in [-0.4, -0.2) is 36.5 Å². The van der Waals surface area contributed by atoms with Gasteiger partial charge in [0, 0.05) is 18.5 Å². The van der Waals surface area contributed by atoms with E-state index in [1.54, 1.807) is 0 Å². The summed E-state index contributed by atoms with van der Waals surface area (Å²) in [5, 5.41) is 3.25. The Balaban J connectivity index is 1.34. The second-order valence-electron chi connectivity index (χ2n) is 7.50. The van der Waals surface area contributed by atoms with E-state index < -0.39 is 0 Å². The van der Waals surface area contributed by atoms with Crippen molar-refractivity contribution in [3.63, 3.8) is 0 Å².